The van der Waals surface area contributed by atoms with E-state index < -0.39 is 17.6 Å². The van der Waals surface area contributed by atoms with Crippen LogP contribution in [0.1, 0.15) is 20.7 Å². The molecule has 1 aliphatic heterocycles. The molecule has 0 atom stereocenters. The van der Waals surface area contributed by atoms with Crippen molar-refractivity contribution in [2.75, 3.05) is 13.7 Å². The van der Waals surface area contributed by atoms with E-state index in [1.165, 1.54) is 13.2 Å². The molecule has 0 unspecified atom stereocenters. The second-order valence-corrected chi connectivity index (χ2v) is 3.00. The zero-order chi connectivity index (χ0) is 11.0. The summed E-state index contributed by atoms with van der Waals surface area (Å²) in [7, 11) is 1.20. The molecule has 0 amide bonds. The molecule has 1 heterocycles. The van der Waals surface area contributed by atoms with Crippen LogP contribution in [0.25, 0.3) is 0 Å². The number of methoxy groups -OCH3 is 1. The average molecular weight is 210 g/mol. The van der Waals surface area contributed by atoms with E-state index in [1.807, 2.05) is 0 Å². The first-order valence-corrected chi connectivity index (χ1v) is 4.22. The second-order valence-electron chi connectivity index (χ2n) is 3.00. The predicted molar refractivity (Wildman–Crippen MR) is 47.6 cm³/mol. The minimum atomic E-state index is -0.680. The predicted octanol–water partition coefficient (Wildman–Crippen LogP) is 1.19. The minimum Gasteiger partial charge on any atom is -0.484 e. The molecule has 0 aromatic heterocycles. The fourth-order valence-electron chi connectivity index (χ4n) is 1.45. The lowest BCUT2D eigenvalue weighted by Gasteiger charge is -2.05. The molecular formula is C10H7FO4. The van der Waals surface area contributed by atoms with Crippen LogP contribution in [-0.4, -0.2) is 25.5 Å². The topological polar surface area (TPSA) is 52.6 Å². The highest BCUT2D eigenvalue weighted by Crippen LogP contribution is 2.32. The summed E-state index contributed by atoms with van der Waals surface area (Å²) in [6, 6.07) is 2.29. The Labute approximate surface area is 84.6 Å². The summed E-state index contributed by atoms with van der Waals surface area (Å²) in [4.78, 5) is 22.5. The fourth-order valence-corrected chi connectivity index (χ4v) is 1.45. The van der Waals surface area contributed by atoms with Crippen molar-refractivity contribution in [1.29, 1.82) is 0 Å². The summed E-state index contributed by atoms with van der Waals surface area (Å²) in [5.74, 6) is -1.82. The number of rotatable bonds is 1. The van der Waals surface area contributed by atoms with Crippen LogP contribution in [-0.2, 0) is 4.74 Å². The molecule has 78 valence electrons. The number of esters is 1. The first-order valence-electron chi connectivity index (χ1n) is 4.22. The molecule has 0 bridgehead atoms. The molecule has 1 aromatic carbocycles. The van der Waals surface area contributed by atoms with Crippen molar-refractivity contribution in [3.05, 3.63) is 29.1 Å². The number of hydrogen-bond acceptors (Lipinski definition) is 4. The van der Waals surface area contributed by atoms with E-state index in [4.69, 9.17) is 4.74 Å². The summed E-state index contributed by atoms with van der Waals surface area (Å²) >= 11 is 0. The van der Waals surface area contributed by atoms with Gasteiger partial charge in [-0.1, -0.05) is 0 Å². The smallest absolute Gasteiger partial charge is 0.341 e. The highest BCUT2D eigenvalue weighted by Gasteiger charge is 2.30. The molecule has 0 fully saturated rings. The van der Waals surface area contributed by atoms with Crippen LogP contribution in [0.3, 0.4) is 0 Å². The van der Waals surface area contributed by atoms with Crippen LogP contribution in [0, 0.1) is 5.82 Å². The zero-order valence-corrected chi connectivity index (χ0v) is 7.87. The molecule has 0 radical (unpaired) electrons. The van der Waals surface area contributed by atoms with E-state index in [-0.39, 0.29) is 23.5 Å². The van der Waals surface area contributed by atoms with Crippen molar-refractivity contribution in [1.82, 2.24) is 0 Å². The molecule has 0 spiro atoms. The maximum Gasteiger partial charge on any atom is 0.341 e. The van der Waals surface area contributed by atoms with Gasteiger partial charge in [0.05, 0.1) is 12.7 Å². The number of fused-ring (bicyclic) bond motifs is 1. The van der Waals surface area contributed by atoms with Crippen molar-refractivity contribution >= 4 is 11.8 Å². The number of carbonyl (C=O) groups excluding carboxylic acids is 2. The van der Waals surface area contributed by atoms with Gasteiger partial charge in [-0.25, -0.2) is 9.18 Å². The van der Waals surface area contributed by atoms with Gasteiger partial charge in [0.15, 0.2) is 6.61 Å². The molecule has 4 nitrogen and oxygen atoms in total. The van der Waals surface area contributed by atoms with Crippen molar-refractivity contribution in [3.8, 4) is 5.75 Å². The summed E-state index contributed by atoms with van der Waals surface area (Å²) < 4.78 is 22.7. The summed E-state index contributed by atoms with van der Waals surface area (Å²) in [5, 5.41) is 0. The Balaban J connectivity index is 2.62. The monoisotopic (exact) mass is 210 g/mol. The molecule has 1 aromatic rings. The molecule has 2 rings (SSSR count). The van der Waals surface area contributed by atoms with Gasteiger partial charge in [-0.05, 0) is 12.1 Å². The lowest BCUT2D eigenvalue weighted by molar-refractivity contribution is 0.0596. The largest absolute Gasteiger partial charge is 0.484 e. The first kappa shape index (κ1) is 9.64. The van der Waals surface area contributed by atoms with Crippen molar-refractivity contribution < 1.29 is 23.5 Å². The van der Waals surface area contributed by atoms with E-state index in [9.17, 15) is 14.0 Å². The number of halogens is 1. The third-order valence-electron chi connectivity index (χ3n) is 2.14. The number of Topliss-reactive ketones (excluding diaryl/α,β-unsaturated/α-hetero) is 1. The third-order valence-corrected chi connectivity index (χ3v) is 2.14. The van der Waals surface area contributed by atoms with Gasteiger partial charge in [0.25, 0.3) is 0 Å². The standard InChI is InChI=1S/C10H7FO4/c1-14-10(13)5-2-3-6(11)8-7(12)4-15-9(5)8/h2-3H,4H2,1H3. The van der Waals surface area contributed by atoms with Crippen molar-refractivity contribution in [2.24, 2.45) is 0 Å². The molecular weight excluding hydrogens is 203 g/mol. The van der Waals surface area contributed by atoms with Gasteiger partial charge < -0.3 is 9.47 Å². The maximum atomic E-state index is 13.2. The number of hydrogen-bond donors (Lipinski definition) is 0. The Morgan fingerprint density at radius 3 is 2.93 bits per heavy atom. The quantitative estimate of drug-likeness (QED) is 0.653. The van der Waals surface area contributed by atoms with Crippen LogP contribution in [0.2, 0.25) is 0 Å². The number of ketones is 1. The zero-order valence-electron chi connectivity index (χ0n) is 7.87. The molecule has 0 saturated heterocycles. The summed E-state index contributed by atoms with van der Waals surface area (Å²) in [6.45, 7) is -0.236. The molecule has 0 saturated carbocycles. The lowest BCUT2D eigenvalue weighted by atomic mass is 10.1. The highest BCUT2D eigenvalue weighted by atomic mass is 19.1. The second kappa shape index (κ2) is 3.34. The van der Waals surface area contributed by atoms with Gasteiger partial charge in [0, 0.05) is 0 Å². The number of benzene rings is 1. The van der Waals surface area contributed by atoms with Crippen molar-refractivity contribution in [2.45, 2.75) is 0 Å². The molecule has 1 aliphatic rings. The molecule has 5 heteroatoms. The SMILES string of the molecule is COC(=O)c1ccc(F)c2c1OCC2=O. The van der Waals surface area contributed by atoms with Gasteiger partial charge in [-0.2, -0.15) is 0 Å². The highest BCUT2D eigenvalue weighted by molar-refractivity contribution is 6.06. The number of carbonyl (C=O) groups is 2. The van der Waals surface area contributed by atoms with Gasteiger partial charge in [-0.15, -0.1) is 0 Å². The van der Waals surface area contributed by atoms with Crippen LogP contribution in [0.4, 0.5) is 4.39 Å². The fraction of sp³-hybridized carbons (Fsp3) is 0.200. The average Bonchev–Trinajstić information content (AvgIpc) is 2.61. The maximum absolute atomic E-state index is 13.2. The van der Waals surface area contributed by atoms with Crippen LogP contribution in [0.5, 0.6) is 5.75 Å². The summed E-state index contributed by atoms with van der Waals surface area (Å²) in [5.41, 5.74) is -0.0994. The van der Waals surface area contributed by atoms with E-state index in [1.54, 1.807) is 0 Å². The molecule has 15 heavy (non-hydrogen) atoms. The van der Waals surface area contributed by atoms with Gasteiger partial charge in [-0.3, -0.25) is 4.79 Å². The Morgan fingerprint density at radius 1 is 1.53 bits per heavy atom. The van der Waals surface area contributed by atoms with Gasteiger partial charge in [0.1, 0.15) is 17.1 Å². The van der Waals surface area contributed by atoms with Crippen LogP contribution >= 0.6 is 0 Å². The van der Waals surface area contributed by atoms with Crippen LogP contribution in [0.15, 0.2) is 12.1 Å². The van der Waals surface area contributed by atoms with Gasteiger partial charge in [0.2, 0.25) is 5.78 Å². The minimum absolute atomic E-state index is 0.0214. The third kappa shape index (κ3) is 1.36. The van der Waals surface area contributed by atoms with Crippen LogP contribution < -0.4 is 4.74 Å². The van der Waals surface area contributed by atoms with Crippen molar-refractivity contribution in [3.63, 3.8) is 0 Å². The Kier molecular flexibility index (Phi) is 2.15. The van der Waals surface area contributed by atoms with Gasteiger partial charge >= 0.3 is 5.97 Å². The van der Waals surface area contributed by atoms with E-state index in [0.29, 0.717) is 0 Å². The lowest BCUT2D eigenvalue weighted by Crippen LogP contribution is -2.04. The molecule has 0 aliphatic carbocycles. The first-order chi connectivity index (χ1) is 7.15. The Morgan fingerprint density at radius 2 is 2.27 bits per heavy atom. The molecule has 0 N–H and O–H groups in total. The Hall–Kier alpha value is -1.91. The van der Waals surface area contributed by atoms with E-state index in [0.717, 1.165) is 6.07 Å². The number of ether oxygens (including phenoxy) is 2. The Bertz CT molecular complexity index is 453. The van der Waals surface area contributed by atoms with E-state index in [2.05, 4.69) is 4.74 Å². The summed E-state index contributed by atoms with van der Waals surface area (Å²) in [6.07, 6.45) is 0. The normalized spacial score (nSPS) is 13.3. The van der Waals surface area contributed by atoms with E-state index >= 15 is 0 Å².